The molecular weight excluding hydrogens is 524 g/mol. The fourth-order valence-corrected chi connectivity index (χ4v) is 7.21. The van der Waals surface area contributed by atoms with E-state index in [2.05, 4.69) is 16.0 Å². The number of carbonyl (C=O) groups excluding carboxylic acids is 2. The van der Waals surface area contributed by atoms with Crippen LogP contribution in [0.2, 0.25) is 0 Å². The largest absolute Gasteiger partial charge is 0.505 e. The van der Waals surface area contributed by atoms with Crippen LogP contribution in [0.1, 0.15) is 41.7 Å². The summed E-state index contributed by atoms with van der Waals surface area (Å²) in [6.07, 6.45) is 0.704. The van der Waals surface area contributed by atoms with Crippen molar-refractivity contribution in [1.82, 2.24) is 10.2 Å². The Labute approximate surface area is 224 Å². The smallest absolute Gasteiger partial charge is 0.257 e. The molecule has 1 spiro atoms. The quantitative estimate of drug-likeness (QED) is 0.251. The van der Waals surface area contributed by atoms with Crippen LogP contribution in [0.15, 0.2) is 58.1 Å². The highest BCUT2D eigenvalue weighted by Crippen LogP contribution is 2.36. The number of sulfone groups is 1. The normalized spacial score (nSPS) is 21.1. The van der Waals surface area contributed by atoms with E-state index < -0.39 is 43.0 Å². The van der Waals surface area contributed by atoms with Crippen LogP contribution in [0.5, 0.6) is 5.75 Å². The molecule has 0 bridgehead atoms. The molecule has 39 heavy (non-hydrogen) atoms. The van der Waals surface area contributed by atoms with E-state index in [4.69, 9.17) is 0 Å². The second-order valence-electron chi connectivity index (χ2n) is 9.80. The number of rotatable bonds is 7. The number of anilines is 3. The number of amides is 2. The maximum Gasteiger partial charge on any atom is 0.257 e. The lowest BCUT2D eigenvalue weighted by Crippen LogP contribution is -2.60. The highest BCUT2D eigenvalue weighted by Gasteiger charge is 2.57. The molecule has 0 aromatic heterocycles. The van der Waals surface area contributed by atoms with Crippen molar-refractivity contribution in [2.75, 3.05) is 36.0 Å². The van der Waals surface area contributed by atoms with Gasteiger partial charge in [-0.3, -0.25) is 19.2 Å². The zero-order valence-corrected chi connectivity index (χ0v) is 22.0. The van der Waals surface area contributed by atoms with Gasteiger partial charge in [-0.2, -0.15) is 0 Å². The first-order valence-corrected chi connectivity index (χ1v) is 14.3. The van der Waals surface area contributed by atoms with E-state index in [-0.39, 0.29) is 60.5 Å². The van der Waals surface area contributed by atoms with E-state index in [1.165, 1.54) is 23.1 Å². The maximum atomic E-state index is 13.4. The van der Waals surface area contributed by atoms with Gasteiger partial charge in [-0.25, -0.2) is 8.42 Å². The van der Waals surface area contributed by atoms with Gasteiger partial charge < -0.3 is 26.0 Å². The molecule has 2 atom stereocenters. The van der Waals surface area contributed by atoms with E-state index in [0.717, 1.165) is 5.56 Å². The van der Waals surface area contributed by atoms with Gasteiger partial charge in [0.2, 0.25) is 5.91 Å². The molecule has 0 radical (unpaired) electrons. The number of aromatic hydroxyl groups is 1. The van der Waals surface area contributed by atoms with Crippen molar-refractivity contribution in [3.8, 4) is 5.75 Å². The average molecular weight is 553 g/mol. The molecule has 11 nitrogen and oxygen atoms in total. The van der Waals surface area contributed by atoms with E-state index in [1.807, 2.05) is 37.3 Å². The number of para-hydroxylation sites is 1. The van der Waals surface area contributed by atoms with Crippen molar-refractivity contribution in [2.24, 2.45) is 0 Å². The summed E-state index contributed by atoms with van der Waals surface area (Å²) in [6, 6.07) is 13.5. The van der Waals surface area contributed by atoms with Crippen molar-refractivity contribution in [3.63, 3.8) is 0 Å². The summed E-state index contributed by atoms with van der Waals surface area (Å²) < 4.78 is 23.8. The van der Waals surface area contributed by atoms with Crippen LogP contribution < -0.4 is 26.8 Å². The number of hydrogen-bond acceptors (Lipinski definition) is 9. The zero-order chi connectivity index (χ0) is 27.9. The van der Waals surface area contributed by atoms with Crippen molar-refractivity contribution >= 4 is 38.7 Å². The van der Waals surface area contributed by atoms with Crippen LogP contribution in [0.25, 0.3) is 0 Å². The Morgan fingerprint density at radius 2 is 1.79 bits per heavy atom. The standard InChI is InChI=1S/C27H28N4O7S/c1-2-18(16-7-4-3-5-8-16)29-20-21(24(34)23(20)33)30-19-10-6-9-17(22(19)32)25(35)31-13-14-39(37,38)27(15-31)11-12-28-26(27)36/h3-10,18,29-30,32H,2,11-15H2,1H3,(H,28,36). The summed E-state index contributed by atoms with van der Waals surface area (Å²) in [5.74, 6) is -2.11. The van der Waals surface area contributed by atoms with Gasteiger partial charge in [0.1, 0.15) is 11.4 Å². The number of phenolic OH excluding ortho intramolecular Hbond substituents is 1. The van der Waals surface area contributed by atoms with Gasteiger partial charge in [-0.05, 0) is 30.5 Å². The van der Waals surface area contributed by atoms with Gasteiger partial charge in [-0.1, -0.05) is 43.3 Å². The minimum absolute atomic E-state index is 0.0278. The highest BCUT2D eigenvalue weighted by molar-refractivity contribution is 7.93. The maximum absolute atomic E-state index is 13.4. The number of carbonyl (C=O) groups is 2. The Morgan fingerprint density at radius 1 is 1.08 bits per heavy atom. The summed E-state index contributed by atoms with van der Waals surface area (Å²) in [5.41, 5.74) is -0.549. The van der Waals surface area contributed by atoms with Crippen molar-refractivity contribution < 1.29 is 23.1 Å². The first-order valence-electron chi connectivity index (χ1n) is 12.6. The third-order valence-electron chi connectivity index (χ3n) is 7.55. The molecule has 2 unspecified atom stereocenters. The second kappa shape index (κ2) is 9.84. The van der Waals surface area contributed by atoms with Crippen molar-refractivity contribution in [1.29, 1.82) is 0 Å². The lowest BCUT2D eigenvalue weighted by Gasteiger charge is -2.38. The first-order chi connectivity index (χ1) is 18.6. The number of phenols is 1. The van der Waals surface area contributed by atoms with Gasteiger partial charge in [-0.15, -0.1) is 0 Å². The topological polar surface area (TPSA) is 162 Å². The van der Waals surface area contributed by atoms with Gasteiger partial charge in [0.05, 0.1) is 23.0 Å². The molecule has 2 amide bonds. The molecule has 2 aliphatic rings. The predicted molar refractivity (Wildman–Crippen MR) is 146 cm³/mol. The van der Waals surface area contributed by atoms with Crippen LogP contribution in [0.3, 0.4) is 0 Å². The van der Waals surface area contributed by atoms with Crippen molar-refractivity contribution in [3.05, 3.63) is 80.1 Å². The third-order valence-corrected chi connectivity index (χ3v) is 9.98. The molecule has 2 fully saturated rings. The molecule has 2 aliphatic heterocycles. The first kappa shape index (κ1) is 26.4. The number of hydrogen-bond donors (Lipinski definition) is 4. The molecule has 0 saturated carbocycles. The Hall–Kier alpha value is -4.19. The Balaban J connectivity index is 1.39. The SMILES string of the molecule is CCC(Nc1c(Nc2cccc(C(=O)N3CCS(=O)(=O)C4(CCNC4=O)C3)c2O)c(=O)c1=O)c1ccccc1. The molecule has 4 N–H and O–H groups in total. The average Bonchev–Trinajstić information content (AvgIpc) is 3.31. The summed E-state index contributed by atoms with van der Waals surface area (Å²) in [6.45, 7) is 1.69. The summed E-state index contributed by atoms with van der Waals surface area (Å²) in [4.78, 5) is 51.9. The van der Waals surface area contributed by atoms with E-state index in [0.29, 0.717) is 6.42 Å². The lowest BCUT2D eigenvalue weighted by molar-refractivity contribution is -0.121. The van der Waals surface area contributed by atoms with Crippen LogP contribution in [0, 0.1) is 0 Å². The highest BCUT2D eigenvalue weighted by atomic mass is 32.2. The second-order valence-corrected chi connectivity index (χ2v) is 12.2. The zero-order valence-electron chi connectivity index (χ0n) is 21.2. The molecule has 2 saturated heterocycles. The molecule has 204 valence electrons. The number of benzene rings is 2. The minimum Gasteiger partial charge on any atom is -0.505 e. The lowest BCUT2D eigenvalue weighted by atomic mass is 10.0. The Bertz CT molecular complexity index is 1630. The Morgan fingerprint density at radius 3 is 2.46 bits per heavy atom. The van der Waals surface area contributed by atoms with Gasteiger partial charge >= 0.3 is 0 Å². The van der Waals surface area contributed by atoms with Gasteiger partial charge in [0.25, 0.3) is 16.8 Å². The Kier molecular flexibility index (Phi) is 6.67. The predicted octanol–water partition coefficient (Wildman–Crippen LogP) is 1.42. The molecule has 3 aromatic rings. The molecule has 12 heteroatoms. The monoisotopic (exact) mass is 552 g/mol. The molecule has 0 aliphatic carbocycles. The molecule has 5 rings (SSSR count). The van der Waals surface area contributed by atoms with Crippen LogP contribution in [-0.4, -0.2) is 60.4 Å². The molecule has 3 aromatic carbocycles. The van der Waals surface area contributed by atoms with Gasteiger partial charge in [0, 0.05) is 19.6 Å². The molecular formula is C27H28N4O7S. The number of nitrogens with one attached hydrogen (secondary N) is 3. The van der Waals surface area contributed by atoms with Crippen LogP contribution in [0.4, 0.5) is 17.1 Å². The van der Waals surface area contributed by atoms with Crippen LogP contribution in [-0.2, 0) is 14.6 Å². The van der Waals surface area contributed by atoms with Gasteiger partial charge in [0.15, 0.2) is 20.3 Å². The summed E-state index contributed by atoms with van der Waals surface area (Å²) in [5, 5.41) is 19.4. The van der Waals surface area contributed by atoms with E-state index >= 15 is 0 Å². The fourth-order valence-electron chi connectivity index (χ4n) is 5.24. The van der Waals surface area contributed by atoms with Crippen molar-refractivity contribution in [2.45, 2.75) is 30.6 Å². The summed E-state index contributed by atoms with van der Waals surface area (Å²) in [7, 11) is -3.76. The summed E-state index contributed by atoms with van der Waals surface area (Å²) >= 11 is 0. The third kappa shape index (κ3) is 4.34. The fraction of sp³-hybridized carbons (Fsp3) is 0.333. The number of nitrogens with zero attached hydrogens (tertiary/aromatic N) is 1. The van der Waals surface area contributed by atoms with E-state index in [9.17, 15) is 32.7 Å². The van der Waals surface area contributed by atoms with E-state index in [1.54, 1.807) is 0 Å². The minimum atomic E-state index is -3.76. The van der Waals surface area contributed by atoms with Crippen LogP contribution >= 0.6 is 0 Å². The molecule has 2 heterocycles.